The number of unbranched alkanes of at least 4 members (excludes halogenated alkanes) is 1. The van der Waals surface area contributed by atoms with Gasteiger partial charge in [0.25, 0.3) is 5.91 Å². The van der Waals surface area contributed by atoms with E-state index in [1.165, 1.54) is 17.6 Å². The molecule has 0 radical (unpaired) electrons. The Labute approximate surface area is 140 Å². The number of carbonyl (C=O) groups is 1. The third-order valence-electron chi connectivity index (χ3n) is 4.87. The first-order valence-electron chi connectivity index (χ1n) is 8.83. The second-order valence-corrected chi connectivity index (χ2v) is 6.60. The van der Waals surface area contributed by atoms with Crippen LogP contribution in [0.4, 0.5) is 0 Å². The molecular weight excluding hydrogens is 284 g/mol. The van der Waals surface area contributed by atoms with Gasteiger partial charge in [0.15, 0.2) is 0 Å². The molecule has 0 spiro atoms. The zero-order valence-corrected chi connectivity index (χ0v) is 14.9. The predicted octanol–water partition coefficient (Wildman–Crippen LogP) is 3.90. The summed E-state index contributed by atoms with van der Waals surface area (Å²) in [6, 6.07) is 10.7. The minimum atomic E-state index is 0.0693. The summed E-state index contributed by atoms with van der Waals surface area (Å²) in [6.07, 6.45) is 4.37. The molecule has 0 aliphatic carbocycles. The van der Waals surface area contributed by atoms with Crippen molar-refractivity contribution in [1.29, 1.82) is 0 Å². The van der Waals surface area contributed by atoms with Gasteiger partial charge in [-0.15, -0.1) is 0 Å². The Morgan fingerprint density at radius 1 is 1.22 bits per heavy atom. The highest BCUT2D eigenvalue weighted by Gasteiger charge is 2.36. The van der Waals surface area contributed by atoms with E-state index in [1.807, 2.05) is 17.9 Å². The van der Waals surface area contributed by atoms with E-state index in [9.17, 15) is 4.79 Å². The number of nitrogens with one attached hydrogen (secondary N) is 1. The maximum absolute atomic E-state index is 12.6. The van der Waals surface area contributed by atoms with Crippen LogP contribution in [-0.2, 0) is 11.2 Å². The van der Waals surface area contributed by atoms with Gasteiger partial charge in [0, 0.05) is 11.6 Å². The monoisotopic (exact) mass is 314 g/mol. The fraction of sp³-hybridized carbons (Fsp3) is 0.550. The summed E-state index contributed by atoms with van der Waals surface area (Å²) < 4.78 is 0. The Morgan fingerprint density at radius 3 is 2.57 bits per heavy atom. The average molecular weight is 314 g/mol. The fourth-order valence-electron chi connectivity index (χ4n) is 3.17. The van der Waals surface area contributed by atoms with E-state index in [-0.39, 0.29) is 18.1 Å². The van der Waals surface area contributed by atoms with E-state index in [4.69, 9.17) is 0 Å². The molecule has 1 aromatic rings. The molecule has 2 rings (SSSR count). The average Bonchev–Trinajstić information content (AvgIpc) is 2.78. The standard InChI is InChI=1S/C20H30N2O/c1-5-6-14-21-19-16(3)17(4)20(23)22(19)15(2)12-13-18-10-8-7-9-11-18/h7-11,15,19,21H,5-6,12-14H2,1-4H3. The molecule has 2 unspecified atom stereocenters. The molecule has 23 heavy (non-hydrogen) atoms. The molecule has 3 heteroatoms. The molecule has 2 atom stereocenters. The first-order valence-corrected chi connectivity index (χ1v) is 8.83. The summed E-state index contributed by atoms with van der Waals surface area (Å²) in [5, 5.41) is 3.57. The van der Waals surface area contributed by atoms with E-state index in [2.05, 4.69) is 50.4 Å². The van der Waals surface area contributed by atoms with Crippen LogP contribution in [0, 0.1) is 0 Å². The van der Waals surface area contributed by atoms with Gasteiger partial charge in [-0.2, -0.15) is 0 Å². The van der Waals surface area contributed by atoms with Crippen molar-refractivity contribution < 1.29 is 4.79 Å². The van der Waals surface area contributed by atoms with E-state index < -0.39 is 0 Å². The van der Waals surface area contributed by atoms with Crippen molar-refractivity contribution in [2.24, 2.45) is 0 Å². The van der Waals surface area contributed by atoms with Crippen LogP contribution in [0.15, 0.2) is 41.5 Å². The summed E-state index contributed by atoms with van der Waals surface area (Å²) in [5.74, 6) is 0.192. The molecule has 0 fully saturated rings. The molecule has 126 valence electrons. The van der Waals surface area contributed by atoms with Crippen molar-refractivity contribution in [3.05, 3.63) is 47.0 Å². The Morgan fingerprint density at radius 2 is 1.91 bits per heavy atom. The van der Waals surface area contributed by atoms with Gasteiger partial charge in [-0.3, -0.25) is 10.1 Å². The van der Waals surface area contributed by atoms with Crippen LogP contribution in [0.5, 0.6) is 0 Å². The molecular formula is C20H30N2O. The van der Waals surface area contributed by atoms with E-state index in [0.717, 1.165) is 31.4 Å². The maximum atomic E-state index is 12.6. The largest absolute Gasteiger partial charge is 0.317 e. The smallest absolute Gasteiger partial charge is 0.251 e. The summed E-state index contributed by atoms with van der Waals surface area (Å²) in [7, 11) is 0. The molecule has 3 nitrogen and oxygen atoms in total. The van der Waals surface area contributed by atoms with Gasteiger partial charge in [-0.1, -0.05) is 43.7 Å². The summed E-state index contributed by atoms with van der Waals surface area (Å²) in [6.45, 7) is 9.36. The SMILES string of the molecule is CCCCNC1C(C)=C(C)C(=O)N1C(C)CCc1ccccc1. The quantitative estimate of drug-likeness (QED) is 0.738. The summed E-state index contributed by atoms with van der Waals surface area (Å²) in [4.78, 5) is 14.7. The normalized spacial score (nSPS) is 19.6. The van der Waals surface area contributed by atoms with Crippen molar-refractivity contribution in [3.8, 4) is 0 Å². The van der Waals surface area contributed by atoms with Crippen molar-refractivity contribution in [2.75, 3.05) is 6.54 Å². The number of nitrogens with zero attached hydrogens (tertiary/aromatic N) is 1. The molecule has 1 aliphatic rings. The third-order valence-corrected chi connectivity index (χ3v) is 4.87. The second kappa shape index (κ2) is 8.30. The van der Waals surface area contributed by atoms with E-state index in [0.29, 0.717) is 0 Å². The number of amides is 1. The van der Waals surface area contributed by atoms with Crippen LogP contribution in [-0.4, -0.2) is 29.6 Å². The van der Waals surface area contributed by atoms with Gasteiger partial charge < -0.3 is 4.90 Å². The van der Waals surface area contributed by atoms with Gasteiger partial charge in [0.05, 0.1) is 0 Å². The van der Waals surface area contributed by atoms with Crippen LogP contribution < -0.4 is 5.32 Å². The highest BCUT2D eigenvalue weighted by atomic mass is 16.2. The lowest BCUT2D eigenvalue weighted by Gasteiger charge is -2.33. The minimum absolute atomic E-state index is 0.0693. The Bertz CT molecular complexity index is 550. The van der Waals surface area contributed by atoms with Crippen LogP contribution in [0.2, 0.25) is 0 Å². The van der Waals surface area contributed by atoms with Gasteiger partial charge in [0.2, 0.25) is 0 Å². The van der Waals surface area contributed by atoms with Crippen molar-refractivity contribution in [1.82, 2.24) is 10.2 Å². The minimum Gasteiger partial charge on any atom is -0.317 e. The lowest BCUT2D eigenvalue weighted by Crippen LogP contribution is -2.49. The van der Waals surface area contributed by atoms with Crippen LogP contribution in [0.25, 0.3) is 0 Å². The fourth-order valence-corrected chi connectivity index (χ4v) is 3.17. The lowest BCUT2D eigenvalue weighted by molar-refractivity contribution is -0.129. The van der Waals surface area contributed by atoms with Gasteiger partial charge in [-0.25, -0.2) is 0 Å². The van der Waals surface area contributed by atoms with E-state index in [1.54, 1.807) is 0 Å². The first kappa shape index (κ1) is 17.7. The Balaban J connectivity index is 2.01. The number of hydrogen-bond donors (Lipinski definition) is 1. The third kappa shape index (κ3) is 4.23. The molecule has 0 saturated heterocycles. The highest BCUT2D eigenvalue weighted by Crippen LogP contribution is 2.27. The molecule has 1 heterocycles. The topological polar surface area (TPSA) is 32.3 Å². The Hall–Kier alpha value is -1.61. The van der Waals surface area contributed by atoms with E-state index >= 15 is 0 Å². The molecule has 0 bridgehead atoms. The number of aryl methyl sites for hydroxylation is 1. The summed E-state index contributed by atoms with van der Waals surface area (Å²) in [5.41, 5.74) is 3.42. The lowest BCUT2D eigenvalue weighted by atomic mass is 10.0. The molecule has 0 aromatic heterocycles. The molecule has 1 amide bonds. The summed E-state index contributed by atoms with van der Waals surface area (Å²) >= 11 is 0. The predicted molar refractivity (Wildman–Crippen MR) is 96.1 cm³/mol. The second-order valence-electron chi connectivity index (χ2n) is 6.60. The molecule has 1 aromatic carbocycles. The van der Waals surface area contributed by atoms with Crippen molar-refractivity contribution in [2.45, 2.75) is 65.6 Å². The van der Waals surface area contributed by atoms with Crippen LogP contribution >= 0.6 is 0 Å². The maximum Gasteiger partial charge on any atom is 0.251 e. The van der Waals surface area contributed by atoms with Gasteiger partial charge in [-0.05, 0) is 57.7 Å². The molecule has 1 aliphatic heterocycles. The van der Waals surface area contributed by atoms with Crippen LogP contribution in [0.1, 0.15) is 52.5 Å². The zero-order chi connectivity index (χ0) is 16.8. The number of benzene rings is 1. The zero-order valence-electron chi connectivity index (χ0n) is 14.9. The number of rotatable bonds is 8. The van der Waals surface area contributed by atoms with Gasteiger partial charge in [0.1, 0.15) is 6.17 Å². The highest BCUT2D eigenvalue weighted by molar-refractivity contribution is 5.97. The number of hydrogen-bond acceptors (Lipinski definition) is 2. The van der Waals surface area contributed by atoms with Crippen molar-refractivity contribution in [3.63, 3.8) is 0 Å². The van der Waals surface area contributed by atoms with Gasteiger partial charge >= 0.3 is 0 Å². The molecule has 0 saturated carbocycles. The first-order chi connectivity index (χ1) is 11.1. The Kier molecular flexibility index (Phi) is 6.40. The number of carbonyl (C=O) groups excluding carboxylic acids is 1. The molecule has 1 N–H and O–H groups in total. The van der Waals surface area contributed by atoms with Crippen LogP contribution in [0.3, 0.4) is 0 Å². The van der Waals surface area contributed by atoms with Crippen molar-refractivity contribution >= 4 is 5.91 Å².